The van der Waals surface area contributed by atoms with Crippen molar-refractivity contribution in [2.45, 2.75) is 32.4 Å². The molecule has 1 fully saturated rings. The number of cyclic esters (lactones) is 1. The molecule has 0 saturated carbocycles. The van der Waals surface area contributed by atoms with Crippen LogP contribution in [0.4, 0.5) is 4.79 Å². The number of nitrogens with zero attached hydrogens (tertiary/aromatic N) is 1. The second-order valence-electron chi connectivity index (χ2n) is 3.77. The molecule has 0 aliphatic carbocycles. The molecular weight excluding hydrogens is 172 g/mol. The standard InChI is InChI=1S/C8H14N2O3/c1-5(9)4-10-6(11)8(2,3)13-7(10)12/h5H,4,9H2,1-3H3. The lowest BCUT2D eigenvalue weighted by Gasteiger charge is -2.15. The van der Waals surface area contributed by atoms with Gasteiger partial charge in [0.15, 0.2) is 5.60 Å². The summed E-state index contributed by atoms with van der Waals surface area (Å²) in [4.78, 5) is 23.7. The summed E-state index contributed by atoms with van der Waals surface area (Å²) in [5, 5.41) is 0. The molecule has 1 unspecified atom stereocenters. The lowest BCUT2D eigenvalue weighted by atomic mass is 10.1. The topological polar surface area (TPSA) is 72.6 Å². The van der Waals surface area contributed by atoms with Gasteiger partial charge in [0.1, 0.15) is 0 Å². The maximum atomic E-state index is 11.5. The Kier molecular flexibility index (Phi) is 2.30. The number of hydrogen-bond acceptors (Lipinski definition) is 4. The van der Waals surface area contributed by atoms with Crippen LogP contribution in [0.25, 0.3) is 0 Å². The van der Waals surface area contributed by atoms with E-state index in [4.69, 9.17) is 10.5 Å². The summed E-state index contributed by atoms with van der Waals surface area (Å²) in [7, 11) is 0. The first kappa shape index (κ1) is 9.98. The third-order valence-electron chi connectivity index (χ3n) is 1.79. The first-order valence-corrected chi connectivity index (χ1v) is 4.15. The van der Waals surface area contributed by atoms with Gasteiger partial charge in [0, 0.05) is 12.6 Å². The van der Waals surface area contributed by atoms with E-state index in [-0.39, 0.29) is 18.5 Å². The fourth-order valence-corrected chi connectivity index (χ4v) is 1.17. The van der Waals surface area contributed by atoms with Crippen LogP contribution in [0.1, 0.15) is 20.8 Å². The molecule has 5 heteroatoms. The Morgan fingerprint density at radius 1 is 1.54 bits per heavy atom. The Morgan fingerprint density at radius 2 is 2.08 bits per heavy atom. The minimum Gasteiger partial charge on any atom is -0.433 e. The smallest absolute Gasteiger partial charge is 0.417 e. The molecule has 0 radical (unpaired) electrons. The van der Waals surface area contributed by atoms with E-state index in [2.05, 4.69) is 0 Å². The molecule has 2 amide bonds. The molecule has 1 saturated heterocycles. The zero-order valence-corrected chi connectivity index (χ0v) is 8.03. The maximum Gasteiger partial charge on any atom is 0.417 e. The van der Waals surface area contributed by atoms with Crippen molar-refractivity contribution in [1.82, 2.24) is 4.90 Å². The molecule has 0 aromatic carbocycles. The van der Waals surface area contributed by atoms with Gasteiger partial charge in [0.25, 0.3) is 5.91 Å². The van der Waals surface area contributed by atoms with E-state index in [0.29, 0.717) is 0 Å². The van der Waals surface area contributed by atoms with Gasteiger partial charge in [-0.1, -0.05) is 0 Å². The monoisotopic (exact) mass is 186 g/mol. The Bertz CT molecular complexity index is 248. The van der Waals surface area contributed by atoms with Crippen LogP contribution < -0.4 is 5.73 Å². The van der Waals surface area contributed by atoms with E-state index in [1.54, 1.807) is 20.8 Å². The van der Waals surface area contributed by atoms with Crippen molar-refractivity contribution in [2.24, 2.45) is 5.73 Å². The van der Waals surface area contributed by atoms with Crippen molar-refractivity contribution >= 4 is 12.0 Å². The highest BCUT2D eigenvalue weighted by atomic mass is 16.6. The molecule has 0 aromatic rings. The normalized spacial score (nSPS) is 23.2. The van der Waals surface area contributed by atoms with Crippen molar-refractivity contribution in [3.63, 3.8) is 0 Å². The highest BCUT2D eigenvalue weighted by Crippen LogP contribution is 2.22. The highest BCUT2D eigenvalue weighted by Gasteiger charge is 2.46. The number of carbonyl (C=O) groups excluding carboxylic acids is 2. The minimum atomic E-state index is -1.04. The van der Waals surface area contributed by atoms with Crippen LogP contribution in [0.15, 0.2) is 0 Å². The van der Waals surface area contributed by atoms with Crippen LogP contribution in [0, 0.1) is 0 Å². The van der Waals surface area contributed by atoms with Crippen molar-refractivity contribution < 1.29 is 14.3 Å². The molecule has 13 heavy (non-hydrogen) atoms. The summed E-state index contributed by atoms with van der Waals surface area (Å²) in [6.07, 6.45) is -0.604. The van der Waals surface area contributed by atoms with Gasteiger partial charge >= 0.3 is 6.09 Å². The van der Waals surface area contributed by atoms with Gasteiger partial charge in [-0.25, -0.2) is 9.69 Å². The SMILES string of the molecule is CC(N)CN1C(=O)OC(C)(C)C1=O. The Labute approximate surface area is 76.8 Å². The fourth-order valence-electron chi connectivity index (χ4n) is 1.17. The van der Waals surface area contributed by atoms with E-state index in [1.807, 2.05) is 0 Å². The number of rotatable bonds is 2. The lowest BCUT2D eigenvalue weighted by Crippen LogP contribution is -2.42. The first-order valence-electron chi connectivity index (χ1n) is 4.15. The van der Waals surface area contributed by atoms with Gasteiger partial charge in [0.2, 0.25) is 0 Å². The van der Waals surface area contributed by atoms with Gasteiger partial charge in [-0.2, -0.15) is 0 Å². The van der Waals surface area contributed by atoms with Crippen LogP contribution in [0.3, 0.4) is 0 Å². The summed E-state index contributed by atoms with van der Waals surface area (Å²) in [6, 6.07) is -0.231. The predicted octanol–water partition coefficient (Wildman–Crippen LogP) is 0.0910. The molecule has 5 nitrogen and oxygen atoms in total. The molecule has 74 valence electrons. The Balaban J connectivity index is 2.77. The minimum absolute atomic E-state index is 0.209. The second-order valence-corrected chi connectivity index (χ2v) is 3.77. The highest BCUT2D eigenvalue weighted by molar-refractivity contribution is 6.02. The van der Waals surface area contributed by atoms with Crippen LogP contribution in [-0.4, -0.2) is 35.1 Å². The number of amides is 2. The molecule has 1 atom stereocenters. The number of nitrogens with two attached hydrogens (primary N) is 1. The van der Waals surface area contributed by atoms with Crippen LogP contribution in [0.2, 0.25) is 0 Å². The zero-order chi connectivity index (χ0) is 10.2. The number of carbonyl (C=O) groups is 2. The molecule has 0 aromatic heterocycles. The van der Waals surface area contributed by atoms with Crippen molar-refractivity contribution in [3.05, 3.63) is 0 Å². The summed E-state index contributed by atoms with van der Waals surface area (Å²) in [5.41, 5.74) is 4.45. The Morgan fingerprint density at radius 3 is 2.38 bits per heavy atom. The first-order chi connectivity index (χ1) is 5.84. The second kappa shape index (κ2) is 2.99. The van der Waals surface area contributed by atoms with E-state index in [9.17, 15) is 9.59 Å². The number of imide groups is 1. The van der Waals surface area contributed by atoms with Crippen molar-refractivity contribution in [1.29, 1.82) is 0 Å². The molecule has 1 heterocycles. The number of hydrogen-bond donors (Lipinski definition) is 1. The van der Waals surface area contributed by atoms with Gasteiger partial charge in [-0.05, 0) is 20.8 Å². The third kappa shape index (κ3) is 1.80. The van der Waals surface area contributed by atoms with Crippen molar-refractivity contribution in [2.75, 3.05) is 6.54 Å². The van der Waals surface area contributed by atoms with Crippen molar-refractivity contribution in [3.8, 4) is 0 Å². The van der Waals surface area contributed by atoms with Crippen LogP contribution in [0.5, 0.6) is 0 Å². The largest absolute Gasteiger partial charge is 0.433 e. The fraction of sp³-hybridized carbons (Fsp3) is 0.750. The molecule has 1 aliphatic rings. The van der Waals surface area contributed by atoms with Gasteiger partial charge < -0.3 is 10.5 Å². The summed E-state index contributed by atoms with van der Waals surface area (Å²) >= 11 is 0. The molecule has 0 bridgehead atoms. The van der Waals surface area contributed by atoms with E-state index in [1.165, 1.54) is 0 Å². The van der Waals surface area contributed by atoms with Crippen LogP contribution in [-0.2, 0) is 9.53 Å². The Hall–Kier alpha value is -1.10. The molecular formula is C8H14N2O3. The molecule has 2 N–H and O–H groups in total. The maximum absolute atomic E-state index is 11.5. The van der Waals surface area contributed by atoms with Crippen LogP contribution >= 0.6 is 0 Å². The molecule has 1 rings (SSSR count). The van der Waals surface area contributed by atoms with E-state index >= 15 is 0 Å². The predicted molar refractivity (Wildman–Crippen MR) is 45.9 cm³/mol. The van der Waals surface area contributed by atoms with E-state index < -0.39 is 11.7 Å². The van der Waals surface area contributed by atoms with Gasteiger partial charge in [0.05, 0.1) is 0 Å². The molecule has 1 aliphatic heterocycles. The summed E-state index contributed by atoms with van der Waals surface area (Å²) in [6.45, 7) is 5.07. The zero-order valence-electron chi connectivity index (χ0n) is 8.03. The molecule has 0 spiro atoms. The number of ether oxygens (including phenoxy) is 1. The quantitative estimate of drug-likeness (QED) is 0.663. The summed E-state index contributed by atoms with van der Waals surface area (Å²) < 4.78 is 4.86. The average Bonchev–Trinajstić information content (AvgIpc) is 2.12. The van der Waals surface area contributed by atoms with Gasteiger partial charge in [-0.3, -0.25) is 4.79 Å². The lowest BCUT2D eigenvalue weighted by molar-refractivity contribution is -0.134. The summed E-state index contributed by atoms with van der Waals surface area (Å²) in [5.74, 6) is -0.324. The van der Waals surface area contributed by atoms with E-state index in [0.717, 1.165) is 4.90 Å². The third-order valence-corrected chi connectivity index (χ3v) is 1.79. The van der Waals surface area contributed by atoms with Gasteiger partial charge in [-0.15, -0.1) is 0 Å². The average molecular weight is 186 g/mol.